The minimum absolute atomic E-state index is 0.682. The molecule has 7 heteroatoms. The van der Waals surface area contributed by atoms with Crippen molar-refractivity contribution in [1.82, 2.24) is 9.71 Å². The van der Waals surface area contributed by atoms with Crippen LogP contribution in [0, 0.1) is 11.8 Å². The van der Waals surface area contributed by atoms with Crippen LogP contribution in [0.5, 0.6) is 11.5 Å². The van der Waals surface area contributed by atoms with Crippen LogP contribution in [0.25, 0.3) is 10.9 Å². The molecule has 3 N–H and O–H groups in total. The maximum Gasteiger partial charge on any atom is 0.162 e. The van der Waals surface area contributed by atoms with E-state index < -0.39 is 0 Å². The van der Waals surface area contributed by atoms with E-state index in [1.807, 2.05) is 18.3 Å². The number of aromatic nitrogens is 1. The van der Waals surface area contributed by atoms with Gasteiger partial charge in [0.2, 0.25) is 0 Å². The Balaban J connectivity index is 1.79. The summed E-state index contributed by atoms with van der Waals surface area (Å²) in [5.41, 5.74) is 2.16. The average molecular weight is 391 g/mol. The maximum atomic E-state index is 5.53. The minimum atomic E-state index is 0.682. The lowest BCUT2D eigenvalue weighted by molar-refractivity contribution is 0.269. The number of anilines is 1. The van der Waals surface area contributed by atoms with Crippen molar-refractivity contribution in [2.45, 2.75) is 26.2 Å². The quantitative estimate of drug-likeness (QED) is 0.667. The molecule has 2 aromatic rings. The topological polar surface area (TPSA) is 72.6 Å². The van der Waals surface area contributed by atoms with E-state index in [9.17, 15) is 0 Å². The highest BCUT2D eigenvalue weighted by molar-refractivity contribution is 7.95. The molecule has 6 nitrogen and oxygen atoms in total. The van der Waals surface area contributed by atoms with E-state index in [-0.39, 0.29) is 0 Å². The van der Waals surface area contributed by atoms with Crippen molar-refractivity contribution in [3.05, 3.63) is 24.4 Å². The van der Waals surface area contributed by atoms with Crippen LogP contribution in [-0.2, 0) is 0 Å². The predicted octanol–water partition coefficient (Wildman–Crippen LogP) is 3.61. The summed E-state index contributed by atoms with van der Waals surface area (Å²) in [6.07, 6.45) is 5.47. The molecule has 1 saturated heterocycles. The first-order chi connectivity index (χ1) is 13.2. The van der Waals surface area contributed by atoms with Crippen molar-refractivity contribution in [1.29, 1.82) is 0 Å². The highest BCUT2D eigenvalue weighted by Crippen LogP contribution is 2.37. The third-order valence-corrected chi connectivity index (χ3v) is 6.06. The molecule has 0 saturated carbocycles. The van der Waals surface area contributed by atoms with Crippen LogP contribution in [-0.4, -0.2) is 38.8 Å². The first-order valence-corrected chi connectivity index (χ1v) is 10.4. The fraction of sp³-hybridized carbons (Fsp3) is 0.550. The molecule has 3 rings (SSSR count). The van der Waals surface area contributed by atoms with E-state index in [1.165, 1.54) is 37.1 Å². The highest BCUT2D eigenvalue weighted by Gasteiger charge is 2.26. The average Bonchev–Trinajstić information content (AvgIpc) is 2.73. The molecule has 148 valence electrons. The summed E-state index contributed by atoms with van der Waals surface area (Å²) < 4.78 is 14.2. The first-order valence-electron chi connectivity index (χ1n) is 9.56. The Hall–Kier alpha value is -1.70. The van der Waals surface area contributed by atoms with E-state index in [2.05, 4.69) is 27.6 Å². The molecule has 0 bridgehead atoms. The largest absolute Gasteiger partial charge is 0.493 e. The number of fused-ring (bicyclic) bond motifs is 1. The normalized spacial score (nSPS) is 16.5. The minimum Gasteiger partial charge on any atom is -0.493 e. The Bertz CT molecular complexity index is 750. The summed E-state index contributed by atoms with van der Waals surface area (Å²) in [7, 11) is 3.32. The molecule has 1 aliphatic rings. The molecule has 2 heterocycles. The number of hydrogen-bond donors (Lipinski definition) is 2. The van der Waals surface area contributed by atoms with Crippen molar-refractivity contribution < 1.29 is 9.47 Å². The lowest BCUT2D eigenvalue weighted by atomic mass is 9.82. The van der Waals surface area contributed by atoms with Gasteiger partial charge in [-0.25, -0.2) is 0 Å². The van der Waals surface area contributed by atoms with Crippen LogP contribution in [0.15, 0.2) is 24.4 Å². The lowest BCUT2D eigenvalue weighted by Gasteiger charge is -2.37. The molecular formula is C20H30N4O2S. The molecule has 1 unspecified atom stereocenters. The SMILES string of the molecule is CCC(CNSN)C1CCN(c2ccnc3cc(OC)c(OC)cc23)CC1. The number of hydrogen-bond acceptors (Lipinski definition) is 7. The second-order valence-electron chi connectivity index (χ2n) is 7.01. The van der Waals surface area contributed by atoms with Crippen molar-refractivity contribution in [3.8, 4) is 11.5 Å². The smallest absolute Gasteiger partial charge is 0.162 e. The Morgan fingerprint density at radius 2 is 1.96 bits per heavy atom. The Kier molecular flexibility index (Phi) is 7.04. The monoisotopic (exact) mass is 390 g/mol. The van der Waals surface area contributed by atoms with Crippen LogP contribution in [0.4, 0.5) is 5.69 Å². The Labute approximate surface area is 166 Å². The van der Waals surface area contributed by atoms with E-state index in [0.717, 1.165) is 42.2 Å². The van der Waals surface area contributed by atoms with Crippen molar-refractivity contribution in [2.24, 2.45) is 17.0 Å². The zero-order valence-corrected chi connectivity index (χ0v) is 17.2. The number of nitrogens with two attached hydrogens (primary N) is 1. The highest BCUT2D eigenvalue weighted by atomic mass is 32.2. The Morgan fingerprint density at radius 1 is 1.26 bits per heavy atom. The van der Waals surface area contributed by atoms with E-state index in [1.54, 1.807) is 14.2 Å². The number of pyridine rings is 1. The van der Waals surface area contributed by atoms with Gasteiger partial charge >= 0.3 is 0 Å². The van der Waals surface area contributed by atoms with Crippen molar-refractivity contribution >= 4 is 28.7 Å². The van der Waals surface area contributed by atoms with Gasteiger partial charge < -0.3 is 14.4 Å². The lowest BCUT2D eigenvalue weighted by Crippen LogP contribution is -2.38. The standard InChI is InChI=1S/C20H30N4O2S/c1-4-14(13-23-27-21)15-6-9-24(10-7-15)18-5-8-22-17-12-20(26-3)19(25-2)11-16(17)18/h5,8,11-12,14-15,23H,4,6-7,9-10,13,21H2,1-3H3. The molecule has 0 spiro atoms. The molecule has 27 heavy (non-hydrogen) atoms. The summed E-state index contributed by atoms with van der Waals surface area (Å²) in [6.45, 7) is 5.38. The fourth-order valence-corrected chi connectivity index (χ4v) is 4.46. The van der Waals surface area contributed by atoms with Gasteiger partial charge in [-0.15, -0.1) is 0 Å². The van der Waals surface area contributed by atoms with Crippen LogP contribution in [0.2, 0.25) is 0 Å². The van der Waals surface area contributed by atoms with Crippen LogP contribution < -0.4 is 24.2 Å². The van der Waals surface area contributed by atoms with Gasteiger partial charge in [-0.3, -0.25) is 14.8 Å². The van der Waals surface area contributed by atoms with E-state index in [4.69, 9.17) is 14.6 Å². The molecule has 1 aliphatic heterocycles. The molecule has 1 atom stereocenters. The van der Waals surface area contributed by atoms with Crippen molar-refractivity contribution in [2.75, 3.05) is 38.8 Å². The first kappa shape index (κ1) is 20.0. The third-order valence-electron chi connectivity index (χ3n) is 5.72. The summed E-state index contributed by atoms with van der Waals surface area (Å²) in [4.78, 5) is 7.00. The number of rotatable bonds is 8. The van der Waals surface area contributed by atoms with Gasteiger partial charge in [0.15, 0.2) is 11.5 Å². The summed E-state index contributed by atoms with van der Waals surface area (Å²) in [5.74, 6) is 2.88. The second kappa shape index (κ2) is 9.48. The summed E-state index contributed by atoms with van der Waals surface area (Å²) in [5, 5.41) is 6.64. The zero-order chi connectivity index (χ0) is 19.2. The fourth-order valence-electron chi connectivity index (χ4n) is 4.15. The number of ether oxygens (including phenoxy) is 2. The maximum absolute atomic E-state index is 5.53. The van der Waals surface area contributed by atoms with E-state index >= 15 is 0 Å². The zero-order valence-electron chi connectivity index (χ0n) is 16.4. The number of nitrogens with zero attached hydrogens (tertiary/aromatic N) is 2. The molecule has 1 aromatic heterocycles. The Morgan fingerprint density at radius 3 is 2.59 bits per heavy atom. The van der Waals surface area contributed by atoms with Crippen molar-refractivity contribution in [3.63, 3.8) is 0 Å². The third kappa shape index (κ3) is 4.42. The molecule has 1 fully saturated rings. The van der Waals surface area contributed by atoms with Crippen LogP contribution in [0.3, 0.4) is 0 Å². The number of benzene rings is 1. The van der Waals surface area contributed by atoms with Gasteiger partial charge in [-0.1, -0.05) is 13.3 Å². The molecule has 0 aliphatic carbocycles. The molecular weight excluding hydrogens is 360 g/mol. The number of nitrogens with one attached hydrogen (secondary N) is 1. The van der Waals surface area contributed by atoms with Gasteiger partial charge in [-0.2, -0.15) is 0 Å². The predicted molar refractivity (Wildman–Crippen MR) is 113 cm³/mol. The van der Waals surface area contributed by atoms with Gasteiger partial charge in [0.25, 0.3) is 0 Å². The van der Waals surface area contributed by atoms with E-state index in [0.29, 0.717) is 11.7 Å². The number of piperidine rings is 1. The van der Waals surface area contributed by atoms with Gasteiger partial charge in [0.1, 0.15) is 0 Å². The van der Waals surface area contributed by atoms with Gasteiger partial charge in [-0.05, 0) is 36.8 Å². The van der Waals surface area contributed by atoms with Crippen LogP contribution >= 0.6 is 12.1 Å². The summed E-state index contributed by atoms with van der Waals surface area (Å²) in [6, 6.07) is 6.10. The number of methoxy groups -OCH3 is 2. The second-order valence-corrected chi connectivity index (χ2v) is 7.54. The summed E-state index contributed by atoms with van der Waals surface area (Å²) >= 11 is 1.23. The molecule has 0 radical (unpaired) electrons. The van der Waals surface area contributed by atoms with Crippen LogP contribution in [0.1, 0.15) is 26.2 Å². The molecule has 1 aromatic carbocycles. The molecule has 0 amide bonds. The van der Waals surface area contributed by atoms with Gasteiger partial charge in [0.05, 0.1) is 19.7 Å². The van der Waals surface area contributed by atoms with Gasteiger partial charge in [0, 0.05) is 55.1 Å².